The summed E-state index contributed by atoms with van der Waals surface area (Å²) < 4.78 is 10.9. The molecule has 1 fully saturated rings. The van der Waals surface area contributed by atoms with Gasteiger partial charge in [-0.05, 0) is 32.1 Å². The lowest BCUT2D eigenvalue weighted by atomic mass is 10.1. The van der Waals surface area contributed by atoms with Crippen molar-refractivity contribution in [3.8, 4) is 0 Å². The fourth-order valence-electron chi connectivity index (χ4n) is 3.08. The Balaban J connectivity index is 1.95. The van der Waals surface area contributed by atoms with Crippen LogP contribution in [0.1, 0.15) is 71.1 Å². The van der Waals surface area contributed by atoms with E-state index in [1.165, 1.54) is 38.5 Å². The largest absolute Gasteiger partial charge is 0.394 e. The van der Waals surface area contributed by atoms with Gasteiger partial charge in [-0.25, -0.2) is 0 Å². The molecule has 1 rings (SSSR count). The van der Waals surface area contributed by atoms with Crippen LogP contribution >= 0.6 is 0 Å². The van der Waals surface area contributed by atoms with Crippen molar-refractivity contribution in [3.05, 3.63) is 12.2 Å². The fourth-order valence-corrected chi connectivity index (χ4v) is 3.08. The summed E-state index contributed by atoms with van der Waals surface area (Å²) in [5.74, 6) is 0. The van der Waals surface area contributed by atoms with Gasteiger partial charge in [-0.2, -0.15) is 0 Å². The number of allylic oxidation sites excluding steroid dienone is 2. The molecule has 1 heterocycles. The highest BCUT2D eigenvalue weighted by Gasteiger charge is 2.40. The second kappa shape index (κ2) is 14.7. The zero-order valence-electron chi connectivity index (χ0n) is 15.8. The maximum absolute atomic E-state index is 9.79. The maximum Gasteiger partial charge on any atom is 0.114 e. The van der Waals surface area contributed by atoms with Gasteiger partial charge in [0.2, 0.25) is 0 Å². The molecule has 0 spiro atoms. The lowest BCUT2D eigenvalue weighted by molar-refractivity contribution is -0.101. The second-order valence-electron chi connectivity index (χ2n) is 6.97. The lowest BCUT2D eigenvalue weighted by Gasteiger charge is -2.24. The second-order valence-corrected chi connectivity index (χ2v) is 6.97. The van der Waals surface area contributed by atoms with Crippen molar-refractivity contribution >= 4 is 0 Å². The van der Waals surface area contributed by atoms with E-state index in [1.807, 2.05) is 0 Å². The van der Waals surface area contributed by atoms with Gasteiger partial charge in [0.05, 0.1) is 13.2 Å². The molecule has 0 bridgehead atoms. The van der Waals surface area contributed by atoms with E-state index in [0.717, 1.165) is 25.7 Å². The van der Waals surface area contributed by atoms with Gasteiger partial charge >= 0.3 is 0 Å². The Morgan fingerprint density at radius 1 is 1.00 bits per heavy atom. The number of aliphatic hydroxyl groups excluding tert-OH is 3. The van der Waals surface area contributed by atoms with Crippen LogP contribution in [0.25, 0.3) is 0 Å². The zero-order valence-corrected chi connectivity index (χ0v) is 15.8. The summed E-state index contributed by atoms with van der Waals surface area (Å²) in [4.78, 5) is 0. The molecule has 148 valence electrons. The summed E-state index contributed by atoms with van der Waals surface area (Å²) in [5, 5.41) is 28.6. The molecule has 5 nitrogen and oxygen atoms in total. The van der Waals surface area contributed by atoms with Gasteiger partial charge in [-0.1, -0.05) is 51.2 Å². The molecule has 5 heteroatoms. The lowest BCUT2D eigenvalue weighted by Crippen LogP contribution is -2.42. The highest BCUT2D eigenvalue weighted by Crippen LogP contribution is 2.19. The van der Waals surface area contributed by atoms with Crippen molar-refractivity contribution in [1.82, 2.24) is 0 Å². The molecule has 0 saturated carbocycles. The van der Waals surface area contributed by atoms with Crippen LogP contribution in [0.2, 0.25) is 0 Å². The van der Waals surface area contributed by atoms with Crippen LogP contribution in [-0.4, -0.2) is 59.6 Å². The van der Waals surface area contributed by atoms with Gasteiger partial charge in [0, 0.05) is 6.61 Å². The Kier molecular flexibility index (Phi) is 13.3. The van der Waals surface area contributed by atoms with Crippen molar-refractivity contribution in [1.29, 1.82) is 0 Å². The first-order valence-corrected chi connectivity index (χ1v) is 10.1. The molecule has 1 aliphatic heterocycles. The third kappa shape index (κ3) is 9.71. The molecule has 0 amide bonds. The Bertz CT molecular complexity index is 334. The minimum Gasteiger partial charge on any atom is -0.394 e. The Morgan fingerprint density at radius 3 is 2.20 bits per heavy atom. The van der Waals surface area contributed by atoms with Crippen molar-refractivity contribution in [2.45, 2.75) is 95.5 Å². The average Bonchev–Trinajstić information content (AvgIpc) is 2.95. The van der Waals surface area contributed by atoms with E-state index in [4.69, 9.17) is 9.47 Å². The number of aliphatic hydroxyl groups is 3. The van der Waals surface area contributed by atoms with E-state index in [-0.39, 0.29) is 13.2 Å². The van der Waals surface area contributed by atoms with Gasteiger partial charge in [0.1, 0.15) is 24.4 Å². The van der Waals surface area contributed by atoms with Crippen LogP contribution < -0.4 is 0 Å². The molecule has 0 aromatic carbocycles. The van der Waals surface area contributed by atoms with Crippen molar-refractivity contribution < 1.29 is 24.8 Å². The topological polar surface area (TPSA) is 79.2 Å². The highest BCUT2D eigenvalue weighted by molar-refractivity contribution is 4.88. The molecule has 1 saturated heterocycles. The van der Waals surface area contributed by atoms with Gasteiger partial charge in [-0.15, -0.1) is 0 Å². The Morgan fingerprint density at radius 2 is 1.64 bits per heavy atom. The summed E-state index contributed by atoms with van der Waals surface area (Å²) in [7, 11) is 0. The summed E-state index contributed by atoms with van der Waals surface area (Å²) in [6, 6.07) is 0. The standard InChI is InChI=1S/C20H38O5/c1-2-3-4-5-6-7-8-9-10-11-12-13-14-24-18(15-21)20-19(23)17(22)16-25-20/h8-9,17-23H,2-7,10-16H2,1H3/b9-8+/t17-,18+,19-,20-/m1/s1. The average molecular weight is 359 g/mol. The van der Waals surface area contributed by atoms with Crippen molar-refractivity contribution in [2.24, 2.45) is 0 Å². The van der Waals surface area contributed by atoms with E-state index in [2.05, 4.69) is 19.1 Å². The van der Waals surface area contributed by atoms with Crippen molar-refractivity contribution in [3.63, 3.8) is 0 Å². The fraction of sp³-hybridized carbons (Fsp3) is 0.900. The van der Waals surface area contributed by atoms with E-state index in [1.54, 1.807) is 0 Å². The third-order valence-electron chi connectivity index (χ3n) is 4.72. The summed E-state index contributed by atoms with van der Waals surface area (Å²) >= 11 is 0. The highest BCUT2D eigenvalue weighted by atomic mass is 16.6. The molecule has 4 atom stereocenters. The first-order valence-electron chi connectivity index (χ1n) is 10.1. The maximum atomic E-state index is 9.79. The Hall–Kier alpha value is -0.460. The van der Waals surface area contributed by atoms with Crippen LogP contribution in [0.5, 0.6) is 0 Å². The van der Waals surface area contributed by atoms with Crippen molar-refractivity contribution in [2.75, 3.05) is 19.8 Å². The summed E-state index contributed by atoms with van der Waals surface area (Å²) in [5.41, 5.74) is 0. The monoisotopic (exact) mass is 358 g/mol. The number of hydrogen-bond acceptors (Lipinski definition) is 5. The predicted octanol–water partition coefficient (Wildman–Crippen LogP) is 2.96. The van der Waals surface area contributed by atoms with Crippen LogP contribution in [0.4, 0.5) is 0 Å². The smallest absolute Gasteiger partial charge is 0.114 e. The normalized spacial score (nSPS) is 25.0. The molecular formula is C20H38O5. The predicted molar refractivity (Wildman–Crippen MR) is 99.6 cm³/mol. The first-order chi connectivity index (χ1) is 12.2. The number of ether oxygens (including phenoxy) is 2. The molecule has 3 N–H and O–H groups in total. The third-order valence-corrected chi connectivity index (χ3v) is 4.72. The molecule has 0 aromatic heterocycles. The SMILES string of the molecule is CCCCCCC/C=C/CCCCCO[C@@H](CO)[C@H]1OC[C@@H](O)[C@H]1O. The van der Waals surface area contributed by atoms with Gasteiger partial charge in [-0.3, -0.25) is 0 Å². The van der Waals surface area contributed by atoms with Crippen LogP contribution in [-0.2, 0) is 9.47 Å². The van der Waals surface area contributed by atoms with Crippen LogP contribution in [0, 0.1) is 0 Å². The van der Waals surface area contributed by atoms with E-state index in [0.29, 0.717) is 6.61 Å². The number of rotatable bonds is 15. The molecule has 1 aliphatic rings. The summed E-state index contributed by atoms with van der Waals surface area (Å²) in [6.07, 6.45) is 13.6. The van der Waals surface area contributed by atoms with Gasteiger partial charge in [0.25, 0.3) is 0 Å². The van der Waals surface area contributed by atoms with Gasteiger partial charge in [0.15, 0.2) is 0 Å². The molecule has 25 heavy (non-hydrogen) atoms. The van der Waals surface area contributed by atoms with Crippen LogP contribution in [0.3, 0.4) is 0 Å². The molecule has 0 unspecified atom stereocenters. The zero-order chi connectivity index (χ0) is 18.3. The first kappa shape index (κ1) is 22.6. The van der Waals surface area contributed by atoms with E-state index < -0.39 is 24.4 Å². The minimum absolute atomic E-state index is 0.0939. The molecule has 0 aromatic rings. The minimum atomic E-state index is -0.982. The van der Waals surface area contributed by atoms with Crippen LogP contribution in [0.15, 0.2) is 12.2 Å². The van der Waals surface area contributed by atoms with E-state index in [9.17, 15) is 15.3 Å². The quantitative estimate of drug-likeness (QED) is 0.310. The van der Waals surface area contributed by atoms with Gasteiger partial charge < -0.3 is 24.8 Å². The summed E-state index contributed by atoms with van der Waals surface area (Å²) in [6.45, 7) is 2.66. The number of hydrogen-bond donors (Lipinski definition) is 3. The van der Waals surface area contributed by atoms with E-state index >= 15 is 0 Å². The Labute approximate surface area is 153 Å². The molecular weight excluding hydrogens is 320 g/mol. The molecule has 0 radical (unpaired) electrons. The number of unbranched alkanes of at least 4 members (excludes halogenated alkanes) is 8. The molecule has 0 aliphatic carbocycles.